The number of amides is 1. The molecule has 6 nitrogen and oxygen atoms in total. The second-order valence-corrected chi connectivity index (χ2v) is 4.61. The second kappa shape index (κ2) is 6.51. The zero-order valence-electron chi connectivity index (χ0n) is 11.6. The van der Waals surface area contributed by atoms with E-state index in [-0.39, 0.29) is 6.42 Å². The number of carboxylic acids is 1. The Labute approximate surface area is 128 Å². The van der Waals surface area contributed by atoms with Gasteiger partial charge in [0.15, 0.2) is 5.69 Å². The first-order valence-electron chi connectivity index (χ1n) is 6.49. The summed E-state index contributed by atoms with van der Waals surface area (Å²) in [6.45, 7) is 0. The standard InChI is InChI=1S/C14H12F3N3O3/c15-14(16,17)11-7-8-20(19-11)10-3-1-9(2-4-10)18-12(21)5-6-13(22)23/h1-4,7-8H,5-6H2,(H,18,21)(H,22,23)/p-1. The molecule has 0 atom stereocenters. The molecule has 0 saturated carbocycles. The minimum Gasteiger partial charge on any atom is -0.550 e. The molecule has 1 amide bonds. The van der Waals surface area contributed by atoms with Crippen LogP contribution in [-0.2, 0) is 15.8 Å². The number of hydrogen-bond donors (Lipinski definition) is 1. The summed E-state index contributed by atoms with van der Waals surface area (Å²) >= 11 is 0. The van der Waals surface area contributed by atoms with Crippen LogP contribution < -0.4 is 10.4 Å². The molecule has 0 spiro atoms. The average molecular weight is 326 g/mol. The van der Waals surface area contributed by atoms with Gasteiger partial charge in [0.25, 0.3) is 0 Å². The van der Waals surface area contributed by atoms with Crippen LogP contribution in [0.2, 0.25) is 0 Å². The molecule has 0 bridgehead atoms. The van der Waals surface area contributed by atoms with Crippen LogP contribution in [-0.4, -0.2) is 21.7 Å². The van der Waals surface area contributed by atoms with Crippen molar-refractivity contribution in [3.8, 4) is 5.69 Å². The van der Waals surface area contributed by atoms with Crippen molar-refractivity contribution in [1.29, 1.82) is 0 Å². The highest BCUT2D eigenvalue weighted by Crippen LogP contribution is 2.28. The molecule has 0 unspecified atom stereocenters. The Morgan fingerprint density at radius 1 is 1.13 bits per heavy atom. The van der Waals surface area contributed by atoms with Gasteiger partial charge in [-0.1, -0.05) is 0 Å². The molecule has 0 saturated heterocycles. The monoisotopic (exact) mass is 326 g/mol. The lowest BCUT2D eigenvalue weighted by molar-refractivity contribution is -0.305. The molecule has 0 aliphatic carbocycles. The Morgan fingerprint density at radius 3 is 2.30 bits per heavy atom. The fourth-order valence-electron chi connectivity index (χ4n) is 1.76. The van der Waals surface area contributed by atoms with Gasteiger partial charge < -0.3 is 15.2 Å². The highest BCUT2D eigenvalue weighted by molar-refractivity contribution is 5.92. The third-order valence-electron chi connectivity index (χ3n) is 2.85. The van der Waals surface area contributed by atoms with Gasteiger partial charge >= 0.3 is 6.18 Å². The van der Waals surface area contributed by atoms with E-state index < -0.39 is 30.2 Å². The number of rotatable bonds is 5. The van der Waals surface area contributed by atoms with Crippen LogP contribution in [0, 0.1) is 0 Å². The Hall–Kier alpha value is -2.84. The van der Waals surface area contributed by atoms with E-state index >= 15 is 0 Å². The van der Waals surface area contributed by atoms with Crippen molar-refractivity contribution in [2.24, 2.45) is 0 Å². The lowest BCUT2D eigenvalue weighted by atomic mass is 10.2. The van der Waals surface area contributed by atoms with E-state index in [1.165, 1.54) is 30.5 Å². The maximum Gasteiger partial charge on any atom is 0.435 e. The van der Waals surface area contributed by atoms with Gasteiger partial charge in [-0.2, -0.15) is 18.3 Å². The molecular weight excluding hydrogens is 315 g/mol. The van der Waals surface area contributed by atoms with Crippen molar-refractivity contribution >= 4 is 17.6 Å². The fourth-order valence-corrected chi connectivity index (χ4v) is 1.76. The number of aliphatic carboxylic acids is 1. The molecule has 0 aliphatic rings. The molecule has 9 heteroatoms. The summed E-state index contributed by atoms with van der Waals surface area (Å²) in [7, 11) is 0. The number of benzene rings is 1. The Balaban J connectivity index is 2.03. The average Bonchev–Trinajstić information content (AvgIpc) is 2.96. The summed E-state index contributed by atoms with van der Waals surface area (Å²) < 4.78 is 38.5. The van der Waals surface area contributed by atoms with E-state index in [1.54, 1.807) is 0 Å². The van der Waals surface area contributed by atoms with Crippen molar-refractivity contribution in [2.75, 3.05) is 5.32 Å². The third-order valence-corrected chi connectivity index (χ3v) is 2.85. The minimum absolute atomic E-state index is 0.224. The van der Waals surface area contributed by atoms with Gasteiger partial charge in [-0.25, -0.2) is 4.68 Å². The van der Waals surface area contributed by atoms with Gasteiger partial charge in [0.05, 0.1) is 5.69 Å². The number of anilines is 1. The van der Waals surface area contributed by atoms with E-state index in [0.717, 1.165) is 10.7 Å². The topological polar surface area (TPSA) is 87.0 Å². The second-order valence-electron chi connectivity index (χ2n) is 4.61. The molecule has 23 heavy (non-hydrogen) atoms. The lowest BCUT2D eigenvalue weighted by Gasteiger charge is -2.07. The van der Waals surface area contributed by atoms with Crippen LogP contribution >= 0.6 is 0 Å². The van der Waals surface area contributed by atoms with Crippen LogP contribution in [0.3, 0.4) is 0 Å². The van der Waals surface area contributed by atoms with Crippen molar-refractivity contribution in [1.82, 2.24) is 9.78 Å². The number of alkyl halides is 3. The predicted octanol–water partition coefficient (Wildman–Crippen LogP) is 1.36. The molecule has 2 rings (SSSR count). The number of halogens is 3. The fraction of sp³-hybridized carbons (Fsp3) is 0.214. The quantitative estimate of drug-likeness (QED) is 0.899. The molecule has 2 aromatic rings. The highest BCUT2D eigenvalue weighted by Gasteiger charge is 2.33. The first kappa shape index (κ1) is 16.5. The van der Waals surface area contributed by atoms with Crippen molar-refractivity contribution in [2.45, 2.75) is 19.0 Å². The summed E-state index contributed by atoms with van der Waals surface area (Å²) in [5.74, 6) is -1.82. The molecule has 1 N–H and O–H groups in total. The maximum atomic E-state index is 12.5. The van der Waals surface area contributed by atoms with E-state index in [0.29, 0.717) is 11.4 Å². The number of carbonyl (C=O) groups excluding carboxylic acids is 2. The Kier molecular flexibility index (Phi) is 4.68. The molecule has 0 radical (unpaired) electrons. The molecule has 0 fully saturated rings. The third kappa shape index (κ3) is 4.56. The van der Waals surface area contributed by atoms with Crippen LogP contribution in [0.15, 0.2) is 36.5 Å². The molecule has 1 heterocycles. The number of carbonyl (C=O) groups is 2. The van der Waals surface area contributed by atoms with Crippen molar-refractivity contribution in [3.05, 3.63) is 42.2 Å². The smallest absolute Gasteiger partial charge is 0.435 e. The van der Waals surface area contributed by atoms with E-state index in [9.17, 15) is 27.9 Å². The molecule has 1 aromatic carbocycles. The first-order valence-corrected chi connectivity index (χ1v) is 6.49. The first-order chi connectivity index (χ1) is 10.8. The summed E-state index contributed by atoms with van der Waals surface area (Å²) in [4.78, 5) is 21.7. The van der Waals surface area contributed by atoms with Gasteiger partial charge in [0, 0.05) is 24.3 Å². The Bertz CT molecular complexity index is 708. The summed E-state index contributed by atoms with van der Waals surface area (Å²) in [5, 5.41) is 16.1. The van der Waals surface area contributed by atoms with Crippen LogP contribution in [0.25, 0.3) is 5.69 Å². The van der Waals surface area contributed by atoms with Gasteiger partial charge in [-0.05, 0) is 36.8 Å². The summed E-state index contributed by atoms with van der Waals surface area (Å²) in [6.07, 6.45) is -3.95. The van der Waals surface area contributed by atoms with Gasteiger partial charge in [-0.15, -0.1) is 0 Å². The van der Waals surface area contributed by atoms with E-state index in [4.69, 9.17) is 0 Å². The number of nitrogens with zero attached hydrogens (tertiary/aromatic N) is 2. The predicted molar refractivity (Wildman–Crippen MR) is 71.4 cm³/mol. The van der Waals surface area contributed by atoms with Crippen molar-refractivity contribution in [3.63, 3.8) is 0 Å². The van der Waals surface area contributed by atoms with Crippen LogP contribution in [0.5, 0.6) is 0 Å². The molecular formula is C14H11F3N3O3-. The SMILES string of the molecule is O=C([O-])CCC(=O)Nc1ccc(-n2ccc(C(F)(F)F)n2)cc1. The highest BCUT2D eigenvalue weighted by atomic mass is 19.4. The van der Waals surface area contributed by atoms with Gasteiger partial charge in [-0.3, -0.25) is 4.79 Å². The zero-order valence-corrected chi connectivity index (χ0v) is 11.6. The van der Waals surface area contributed by atoms with E-state index in [1.807, 2.05) is 0 Å². The van der Waals surface area contributed by atoms with E-state index in [2.05, 4.69) is 10.4 Å². The molecule has 122 valence electrons. The normalized spacial score (nSPS) is 11.3. The number of aromatic nitrogens is 2. The summed E-state index contributed by atoms with van der Waals surface area (Å²) in [5.41, 5.74) is -0.231. The van der Waals surface area contributed by atoms with Crippen LogP contribution in [0.4, 0.5) is 18.9 Å². The van der Waals surface area contributed by atoms with Gasteiger partial charge in [0.2, 0.25) is 5.91 Å². The number of nitrogens with one attached hydrogen (secondary N) is 1. The largest absolute Gasteiger partial charge is 0.550 e. The number of carboxylic acid groups (broad SMARTS) is 1. The van der Waals surface area contributed by atoms with Crippen molar-refractivity contribution < 1.29 is 27.9 Å². The van der Waals surface area contributed by atoms with Gasteiger partial charge in [0.1, 0.15) is 0 Å². The minimum atomic E-state index is -4.52. The Morgan fingerprint density at radius 2 is 1.78 bits per heavy atom. The van der Waals surface area contributed by atoms with Crippen LogP contribution in [0.1, 0.15) is 18.5 Å². The molecule has 0 aliphatic heterocycles. The summed E-state index contributed by atoms with van der Waals surface area (Å²) in [6, 6.07) is 6.75. The molecule has 1 aromatic heterocycles. The number of hydrogen-bond acceptors (Lipinski definition) is 4. The lowest BCUT2D eigenvalue weighted by Crippen LogP contribution is -2.24. The zero-order chi connectivity index (χ0) is 17.0. The maximum absolute atomic E-state index is 12.5.